The van der Waals surface area contributed by atoms with Crippen LogP contribution in [-0.2, 0) is 0 Å². The van der Waals surface area contributed by atoms with Gasteiger partial charge in [-0.15, -0.1) is 0 Å². The molecule has 0 saturated heterocycles. The molecule has 0 aromatic heterocycles. The Hall–Kier alpha value is 1.08. The molecule has 0 rings (SSSR count). The van der Waals surface area contributed by atoms with Gasteiger partial charge in [0.25, 0.3) is 0 Å². The normalized spacial score (nSPS) is 15.3. The van der Waals surface area contributed by atoms with Crippen molar-refractivity contribution in [1.29, 1.82) is 0 Å². The van der Waals surface area contributed by atoms with Gasteiger partial charge >= 0.3 is 5.97 Å². The van der Waals surface area contributed by atoms with Crippen molar-refractivity contribution in [3.63, 3.8) is 0 Å². The molecule has 0 aliphatic carbocycles. The summed E-state index contributed by atoms with van der Waals surface area (Å²) in [5, 5.41) is 25.5. The Kier molecular flexibility index (Phi) is 3.88. The topological polar surface area (TPSA) is 60.7 Å². The lowest BCUT2D eigenvalue weighted by Gasteiger charge is -2.13. The highest BCUT2D eigenvalue weighted by Crippen LogP contribution is 2.25. The molecule has 3 nitrogen and oxygen atoms in total. The fourth-order valence-electron chi connectivity index (χ4n) is 0.231. The summed E-state index contributed by atoms with van der Waals surface area (Å²) in [4.78, 5) is 0. The van der Waals surface area contributed by atoms with Crippen LogP contribution in [0.4, 0.5) is 0 Å². The number of allylic oxidation sites excluding steroid dienone is 1. The van der Waals surface area contributed by atoms with Crippen LogP contribution in [0.25, 0.3) is 0 Å². The maximum absolute atomic E-state index is 8.50. The van der Waals surface area contributed by atoms with Crippen molar-refractivity contribution in [2.45, 2.75) is 12.9 Å². The van der Waals surface area contributed by atoms with Gasteiger partial charge in [-0.1, -0.05) is 0 Å². The lowest BCUT2D eigenvalue weighted by Crippen LogP contribution is -2.27. The van der Waals surface area contributed by atoms with Crippen LogP contribution in [0.5, 0.6) is 0 Å². The summed E-state index contributed by atoms with van der Waals surface area (Å²) in [5.74, 6) is -2.66. The monoisotopic (exact) mass is 356 g/mol. The highest BCUT2D eigenvalue weighted by atomic mass is 127. The van der Waals surface area contributed by atoms with Gasteiger partial charge in [0.15, 0.2) is 0 Å². The van der Waals surface area contributed by atoms with Gasteiger partial charge in [-0.25, -0.2) is 0 Å². The van der Waals surface area contributed by atoms with Crippen LogP contribution in [-0.4, -0.2) is 21.3 Å². The standard InChI is InChI=1S/C4H6I2O3/c1-2(5)3(6)4(7,8)9/h7-9H,1H3/b3-2+. The number of aliphatic hydroxyl groups is 3. The van der Waals surface area contributed by atoms with Gasteiger partial charge in [-0.2, -0.15) is 0 Å². The van der Waals surface area contributed by atoms with Crippen LogP contribution in [0.1, 0.15) is 6.92 Å². The summed E-state index contributed by atoms with van der Waals surface area (Å²) in [6, 6.07) is 0. The first-order chi connectivity index (χ1) is 3.85. The van der Waals surface area contributed by atoms with Crippen molar-refractivity contribution < 1.29 is 15.3 Å². The van der Waals surface area contributed by atoms with Crippen LogP contribution in [0, 0.1) is 0 Å². The minimum atomic E-state index is -2.66. The second kappa shape index (κ2) is 3.46. The zero-order chi connectivity index (χ0) is 7.65. The molecule has 0 amide bonds. The van der Waals surface area contributed by atoms with E-state index in [1.807, 2.05) is 22.6 Å². The van der Waals surface area contributed by atoms with Crippen molar-refractivity contribution in [2.24, 2.45) is 0 Å². The molecule has 0 aromatic carbocycles. The quantitative estimate of drug-likeness (QED) is 0.480. The van der Waals surface area contributed by atoms with Crippen LogP contribution in [0.3, 0.4) is 0 Å². The summed E-state index contributed by atoms with van der Waals surface area (Å²) in [6.45, 7) is 1.67. The first kappa shape index (κ1) is 10.1. The number of halogens is 2. The summed E-state index contributed by atoms with van der Waals surface area (Å²) < 4.78 is 0.779. The van der Waals surface area contributed by atoms with Crippen LogP contribution < -0.4 is 0 Å². The molecule has 9 heavy (non-hydrogen) atoms. The second-order valence-electron chi connectivity index (χ2n) is 1.48. The Balaban J connectivity index is 4.40. The van der Waals surface area contributed by atoms with Crippen LogP contribution in [0.15, 0.2) is 7.16 Å². The van der Waals surface area contributed by atoms with E-state index in [1.165, 1.54) is 0 Å². The van der Waals surface area contributed by atoms with Crippen molar-refractivity contribution in [3.8, 4) is 0 Å². The van der Waals surface area contributed by atoms with Crippen LogP contribution >= 0.6 is 45.2 Å². The van der Waals surface area contributed by atoms with Crippen molar-refractivity contribution in [3.05, 3.63) is 7.16 Å². The predicted molar refractivity (Wildman–Crippen MR) is 50.1 cm³/mol. The minimum absolute atomic E-state index is 0.126. The third kappa shape index (κ3) is 3.71. The van der Waals surface area contributed by atoms with Gasteiger partial charge in [0.2, 0.25) is 0 Å². The van der Waals surface area contributed by atoms with E-state index in [1.54, 1.807) is 29.5 Å². The van der Waals surface area contributed by atoms with E-state index < -0.39 is 5.97 Å². The van der Waals surface area contributed by atoms with E-state index in [2.05, 4.69) is 0 Å². The van der Waals surface area contributed by atoms with E-state index in [9.17, 15) is 0 Å². The van der Waals surface area contributed by atoms with Gasteiger partial charge in [-0.3, -0.25) is 0 Å². The largest absolute Gasteiger partial charge is 0.339 e. The summed E-state index contributed by atoms with van der Waals surface area (Å²) in [5.41, 5.74) is 0. The first-order valence-electron chi connectivity index (χ1n) is 2.05. The Bertz CT molecular complexity index is 131. The predicted octanol–water partition coefficient (Wildman–Crippen LogP) is 0.719. The Morgan fingerprint density at radius 3 is 1.56 bits per heavy atom. The maximum atomic E-state index is 8.50. The summed E-state index contributed by atoms with van der Waals surface area (Å²) >= 11 is 3.55. The first-order valence-corrected chi connectivity index (χ1v) is 4.21. The Labute approximate surface area is 80.1 Å². The summed E-state index contributed by atoms with van der Waals surface area (Å²) in [7, 11) is 0. The fraction of sp³-hybridized carbons (Fsp3) is 0.500. The van der Waals surface area contributed by atoms with Gasteiger partial charge in [0.1, 0.15) is 0 Å². The molecular weight excluding hydrogens is 350 g/mol. The molecule has 54 valence electrons. The molecular formula is C4H6I2O3. The molecule has 0 aromatic rings. The second-order valence-corrected chi connectivity index (χ2v) is 4.18. The van der Waals surface area contributed by atoms with E-state index in [0.717, 1.165) is 0 Å². The molecule has 0 fully saturated rings. The van der Waals surface area contributed by atoms with E-state index in [0.29, 0.717) is 3.58 Å². The lowest BCUT2D eigenvalue weighted by molar-refractivity contribution is -0.274. The molecule has 0 spiro atoms. The molecule has 5 heteroatoms. The maximum Gasteiger partial charge on any atom is 0.311 e. The average molecular weight is 356 g/mol. The average Bonchev–Trinajstić information content (AvgIpc) is 1.62. The SMILES string of the molecule is C/C(I)=C(\I)C(O)(O)O. The molecule has 0 unspecified atom stereocenters. The lowest BCUT2D eigenvalue weighted by atomic mass is 10.5. The molecule has 0 aliphatic heterocycles. The van der Waals surface area contributed by atoms with Crippen molar-refractivity contribution in [2.75, 3.05) is 0 Å². The smallest absolute Gasteiger partial charge is 0.311 e. The number of rotatable bonds is 1. The molecule has 0 atom stereocenters. The van der Waals surface area contributed by atoms with Gasteiger partial charge < -0.3 is 15.3 Å². The number of hydrogen-bond donors (Lipinski definition) is 3. The zero-order valence-corrected chi connectivity index (χ0v) is 8.91. The third-order valence-corrected chi connectivity index (χ3v) is 3.70. The molecule has 0 radical (unpaired) electrons. The van der Waals surface area contributed by atoms with Crippen LogP contribution in [0.2, 0.25) is 0 Å². The third-order valence-electron chi connectivity index (χ3n) is 0.597. The van der Waals surface area contributed by atoms with Gasteiger partial charge in [0, 0.05) is 3.58 Å². The molecule has 3 N–H and O–H groups in total. The van der Waals surface area contributed by atoms with E-state index >= 15 is 0 Å². The van der Waals surface area contributed by atoms with E-state index in [4.69, 9.17) is 15.3 Å². The molecule has 0 aliphatic rings. The Morgan fingerprint density at radius 1 is 1.22 bits per heavy atom. The molecule has 0 bridgehead atoms. The highest BCUT2D eigenvalue weighted by Gasteiger charge is 2.23. The molecule has 0 saturated carbocycles. The zero-order valence-electron chi connectivity index (χ0n) is 4.60. The van der Waals surface area contributed by atoms with Crippen molar-refractivity contribution >= 4 is 45.2 Å². The summed E-state index contributed by atoms with van der Waals surface area (Å²) in [6.07, 6.45) is 0. The Morgan fingerprint density at radius 2 is 1.56 bits per heavy atom. The number of hydrogen-bond acceptors (Lipinski definition) is 3. The minimum Gasteiger partial charge on any atom is -0.339 e. The van der Waals surface area contributed by atoms with Gasteiger partial charge in [0.05, 0.1) is 3.58 Å². The highest BCUT2D eigenvalue weighted by molar-refractivity contribution is 14.1. The van der Waals surface area contributed by atoms with Crippen molar-refractivity contribution in [1.82, 2.24) is 0 Å². The van der Waals surface area contributed by atoms with Gasteiger partial charge in [-0.05, 0) is 52.1 Å². The fourth-order valence-corrected chi connectivity index (χ4v) is 0.593. The van der Waals surface area contributed by atoms with E-state index in [-0.39, 0.29) is 3.58 Å². The molecule has 0 heterocycles.